The van der Waals surface area contributed by atoms with Crippen molar-refractivity contribution in [3.8, 4) is 17.0 Å². The Labute approximate surface area is 205 Å². The summed E-state index contributed by atoms with van der Waals surface area (Å²) < 4.78 is 34.5. The predicted octanol–water partition coefficient (Wildman–Crippen LogP) is 4.85. The number of halogens is 2. The number of ether oxygens (including phenoxy) is 1. The van der Waals surface area contributed by atoms with Gasteiger partial charge in [-0.25, -0.2) is 18.4 Å². The van der Waals surface area contributed by atoms with Gasteiger partial charge in [-0.3, -0.25) is 14.9 Å². The Morgan fingerprint density at radius 1 is 1.11 bits per heavy atom. The van der Waals surface area contributed by atoms with Crippen molar-refractivity contribution in [3.05, 3.63) is 98.2 Å². The highest BCUT2D eigenvalue weighted by atomic mass is 32.1. The molecule has 5 rings (SSSR count). The number of nitrogens with one attached hydrogen (secondary N) is 1. The van der Waals surface area contributed by atoms with Crippen LogP contribution in [0.3, 0.4) is 0 Å². The molecule has 4 aromatic rings. The average molecular weight is 507 g/mol. The summed E-state index contributed by atoms with van der Waals surface area (Å²) in [6, 6.07) is 14.1. The Hall–Kier alpha value is -4.71. The molecular formula is C24H15F2N5O4S. The van der Waals surface area contributed by atoms with Gasteiger partial charge in [0.15, 0.2) is 12.4 Å². The molecular weight excluding hydrogens is 492 g/mol. The normalized spacial score (nSPS) is 13.4. The standard InChI is InChI=1S/C24H15F2N5O4S/c25-16-4-7-19(18(26)10-16)29-24-30(27-11-14-1-5-17(6-2-14)31(33)34)21(13-36-24)15-3-8-22-20(9-15)28-23(32)12-35-22/h1-11,13H,12H2,(H,28,32). The maximum absolute atomic E-state index is 14.3. The molecule has 0 saturated carbocycles. The number of nitro groups is 1. The van der Waals surface area contributed by atoms with E-state index in [0.29, 0.717) is 28.3 Å². The molecule has 0 unspecified atom stereocenters. The van der Waals surface area contributed by atoms with E-state index in [1.807, 2.05) is 0 Å². The molecule has 0 atom stereocenters. The van der Waals surface area contributed by atoms with Crippen molar-refractivity contribution in [2.45, 2.75) is 0 Å². The molecule has 0 aliphatic carbocycles. The zero-order valence-electron chi connectivity index (χ0n) is 18.2. The van der Waals surface area contributed by atoms with E-state index in [9.17, 15) is 23.7 Å². The molecule has 12 heteroatoms. The lowest BCUT2D eigenvalue weighted by Gasteiger charge is -2.18. The van der Waals surface area contributed by atoms with Crippen molar-refractivity contribution in [2.75, 3.05) is 11.9 Å². The highest BCUT2D eigenvalue weighted by Gasteiger charge is 2.18. The first-order chi connectivity index (χ1) is 17.4. The number of hydrogen-bond donors (Lipinski definition) is 1. The van der Waals surface area contributed by atoms with Crippen LogP contribution in [0.1, 0.15) is 5.56 Å². The molecule has 0 saturated heterocycles. The summed E-state index contributed by atoms with van der Waals surface area (Å²) in [5, 5.41) is 19.9. The van der Waals surface area contributed by atoms with Gasteiger partial charge in [-0.05, 0) is 48.0 Å². The molecule has 1 aliphatic heterocycles. The van der Waals surface area contributed by atoms with E-state index in [1.54, 1.807) is 23.6 Å². The molecule has 9 nitrogen and oxygen atoms in total. The fourth-order valence-corrected chi connectivity index (χ4v) is 4.26. The number of hydrogen-bond acceptors (Lipinski definition) is 7. The Morgan fingerprint density at radius 2 is 1.92 bits per heavy atom. The smallest absolute Gasteiger partial charge is 0.269 e. The molecule has 1 aliphatic rings. The second kappa shape index (κ2) is 9.50. The van der Waals surface area contributed by atoms with Crippen molar-refractivity contribution in [2.24, 2.45) is 10.1 Å². The predicted molar refractivity (Wildman–Crippen MR) is 130 cm³/mol. The van der Waals surface area contributed by atoms with Crippen LogP contribution in [0.2, 0.25) is 0 Å². The van der Waals surface area contributed by atoms with Gasteiger partial charge >= 0.3 is 0 Å². The number of benzene rings is 3. The number of nitrogens with zero attached hydrogens (tertiary/aromatic N) is 4. The number of nitro benzene ring substituents is 1. The largest absolute Gasteiger partial charge is 0.482 e. The fraction of sp³-hybridized carbons (Fsp3) is 0.0417. The fourth-order valence-electron chi connectivity index (χ4n) is 3.41. The Kier molecular flexibility index (Phi) is 6.09. The van der Waals surface area contributed by atoms with Crippen LogP contribution in [0.5, 0.6) is 5.75 Å². The number of rotatable bonds is 5. The van der Waals surface area contributed by atoms with Crippen LogP contribution >= 0.6 is 11.3 Å². The van der Waals surface area contributed by atoms with E-state index in [-0.39, 0.29) is 28.7 Å². The van der Waals surface area contributed by atoms with Gasteiger partial charge in [-0.15, -0.1) is 11.3 Å². The Bertz CT molecular complexity index is 1600. The van der Waals surface area contributed by atoms with Crippen molar-refractivity contribution >= 4 is 40.5 Å². The Balaban J connectivity index is 1.61. The topological polar surface area (TPSA) is 111 Å². The van der Waals surface area contributed by atoms with Crippen molar-refractivity contribution < 1.29 is 23.2 Å². The zero-order chi connectivity index (χ0) is 25.2. The number of thiazole rings is 1. The zero-order valence-corrected chi connectivity index (χ0v) is 19.0. The van der Waals surface area contributed by atoms with Crippen molar-refractivity contribution in [1.29, 1.82) is 0 Å². The summed E-state index contributed by atoms with van der Waals surface area (Å²) in [7, 11) is 0. The molecule has 1 amide bonds. The third-order valence-electron chi connectivity index (χ3n) is 5.15. The highest BCUT2D eigenvalue weighted by Crippen LogP contribution is 2.33. The molecule has 36 heavy (non-hydrogen) atoms. The van der Waals surface area contributed by atoms with Gasteiger partial charge in [0, 0.05) is 29.1 Å². The van der Waals surface area contributed by atoms with E-state index >= 15 is 0 Å². The minimum atomic E-state index is -0.829. The third-order valence-corrected chi connectivity index (χ3v) is 5.96. The molecule has 0 spiro atoms. The van der Waals surface area contributed by atoms with E-state index < -0.39 is 16.6 Å². The highest BCUT2D eigenvalue weighted by molar-refractivity contribution is 7.07. The van der Waals surface area contributed by atoms with Crippen LogP contribution in [0.4, 0.5) is 25.8 Å². The number of carbonyl (C=O) groups excluding carboxylic acids is 1. The van der Waals surface area contributed by atoms with Gasteiger partial charge in [-0.2, -0.15) is 5.10 Å². The lowest BCUT2D eigenvalue weighted by molar-refractivity contribution is -0.384. The van der Waals surface area contributed by atoms with Gasteiger partial charge in [0.1, 0.15) is 17.3 Å². The van der Waals surface area contributed by atoms with E-state index in [4.69, 9.17) is 4.74 Å². The van der Waals surface area contributed by atoms with Crippen molar-refractivity contribution in [3.63, 3.8) is 0 Å². The van der Waals surface area contributed by atoms with E-state index in [1.165, 1.54) is 52.6 Å². The second-order valence-electron chi connectivity index (χ2n) is 7.56. The van der Waals surface area contributed by atoms with Gasteiger partial charge in [0.25, 0.3) is 11.6 Å². The molecule has 0 bridgehead atoms. The maximum atomic E-state index is 14.3. The summed E-state index contributed by atoms with van der Waals surface area (Å²) in [6.45, 7) is -0.0728. The monoisotopic (exact) mass is 507 g/mol. The van der Waals surface area contributed by atoms with Crippen LogP contribution in [0.25, 0.3) is 11.3 Å². The van der Waals surface area contributed by atoms with Crippen LogP contribution in [-0.2, 0) is 4.79 Å². The summed E-state index contributed by atoms with van der Waals surface area (Å²) in [4.78, 5) is 26.8. The number of non-ortho nitro benzene ring substituents is 1. The average Bonchev–Trinajstić information content (AvgIpc) is 3.26. The number of fused-ring (bicyclic) bond motifs is 1. The second-order valence-corrected chi connectivity index (χ2v) is 8.40. The number of carbonyl (C=O) groups is 1. The van der Waals surface area contributed by atoms with Crippen molar-refractivity contribution in [1.82, 2.24) is 4.68 Å². The minimum absolute atomic E-state index is 0.0585. The first-order valence-corrected chi connectivity index (χ1v) is 11.3. The SMILES string of the molecule is O=C1COc2ccc(-c3csc(=Nc4ccc(F)cc4F)n3N=Cc3ccc([N+](=O)[O-])cc3)cc2N1. The summed E-state index contributed by atoms with van der Waals surface area (Å²) in [5.41, 5.74) is 2.17. The van der Waals surface area contributed by atoms with Gasteiger partial charge < -0.3 is 10.1 Å². The number of anilines is 1. The molecule has 3 aromatic carbocycles. The van der Waals surface area contributed by atoms with E-state index in [0.717, 1.165) is 12.1 Å². The molecule has 0 radical (unpaired) electrons. The summed E-state index contributed by atoms with van der Waals surface area (Å²) in [5.74, 6) is -1.31. The van der Waals surface area contributed by atoms with Gasteiger partial charge in [0.05, 0.1) is 22.5 Å². The summed E-state index contributed by atoms with van der Waals surface area (Å²) >= 11 is 1.17. The van der Waals surface area contributed by atoms with Gasteiger partial charge in [0.2, 0.25) is 4.80 Å². The van der Waals surface area contributed by atoms with Crippen LogP contribution in [0, 0.1) is 21.7 Å². The van der Waals surface area contributed by atoms with E-state index in [2.05, 4.69) is 15.4 Å². The summed E-state index contributed by atoms with van der Waals surface area (Å²) in [6.07, 6.45) is 1.48. The third kappa shape index (κ3) is 4.74. The lowest BCUT2D eigenvalue weighted by atomic mass is 10.1. The molecule has 2 heterocycles. The maximum Gasteiger partial charge on any atom is 0.269 e. The number of aromatic nitrogens is 1. The quantitative estimate of drug-likeness (QED) is 0.237. The Morgan fingerprint density at radius 3 is 2.67 bits per heavy atom. The molecule has 1 aromatic heterocycles. The van der Waals surface area contributed by atoms with Crippen LogP contribution < -0.4 is 14.9 Å². The first kappa shape index (κ1) is 23.1. The van der Waals surface area contributed by atoms with Gasteiger partial charge in [-0.1, -0.05) is 0 Å². The molecule has 180 valence electrons. The lowest BCUT2D eigenvalue weighted by Crippen LogP contribution is -2.25. The minimum Gasteiger partial charge on any atom is -0.482 e. The molecule has 0 fully saturated rings. The molecule has 1 N–H and O–H groups in total. The van der Waals surface area contributed by atoms with Crippen LogP contribution in [0.15, 0.2) is 76.1 Å². The van der Waals surface area contributed by atoms with Crippen LogP contribution in [-0.4, -0.2) is 28.3 Å². The number of amides is 1. The first-order valence-electron chi connectivity index (χ1n) is 10.4.